The number of hydrogen-bond acceptors (Lipinski definition) is 5. The number of furan rings is 1. The molecule has 0 atom stereocenters. The van der Waals surface area contributed by atoms with Gasteiger partial charge in [-0.2, -0.15) is 13.2 Å². The van der Waals surface area contributed by atoms with Crippen molar-refractivity contribution >= 4 is 17.5 Å². The van der Waals surface area contributed by atoms with E-state index in [0.29, 0.717) is 5.75 Å². The van der Waals surface area contributed by atoms with E-state index in [-0.39, 0.29) is 22.1 Å². The Kier molecular flexibility index (Phi) is 4.98. The van der Waals surface area contributed by atoms with E-state index < -0.39 is 11.9 Å². The van der Waals surface area contributed by atoms with Crippen LogP contribution in [-0.2, 0) is 12.6 Å². The van der Waals surface area contributed by atoms with Gasteiger partial charge in [-0.1, -0.05) is 36.0 Å². The van der Waals surface area contributed by atoms with Crippen molar-refractivity contribution < 1.29 is 17.6 Å². The van der Waals surface area contributed by atoms with E-state index >= 15 is 0 Å². The fraction of sp³-hybridized carbons (Fsp3) is 0.286. The van der Waals surface area contributed by atoms with E-state index in [0.717, 1.165) is 35.5 Å². The van der Waals surface area contributed by atoms with Crippen molar-refractivity contribution in [2.45, 2.75) is 37.1 Å². The van der Waals surface area contributed by atoms with Gasteiger partial charge in [0.1, 0.15) is 11.4 Å². The predicted molar refractivity (Wildman–Crippen MR) is 106 cm³/mol. The summed E-state index contributed by atoms with van der Waals surface area (Å²) in [5.41, 5.74) is 1.89. The molecule has 150 valence electrons. The van der Waals surface area contributed by atoms with Crippen molar-refractivity contribution in [2.75, 3.05) is 5.75 Å². The topological polar surface area (TPSA) is 51.3 Å². The van der Waals surface area contributed by atoms with E-state index in [1.807, 2.05) is 32.0 Å². The Hall–Kier alpha value is -2.61. The fourth-order valence-electron chi connectivity index (χ4n) is 3.32. The third-order valence-corrected chi connectivity index (χ3v) is 5.36. The van der Waals surface area contributed by atoms with Crippen LogP contribution in [0, 0.1) is 0 Å². The lowest BCUT2D eigenvalue weighted by molar-refractivity contribution is -0.141. The van der Waals surface area contributed by atoms with Gasteiger partial charge in [0.25, 0.3) is 0 Å². The summed E-state index contributed by atoms with van der Waals surface area (Å²) >= 11 is 1.14. The second-order valence-corrected chi connectivity index (χ2v) is 8.33. The molecule has 2 aromatic heterocycles. The highest BCUT2D eigenvalue weighted by atomic mass is 32.2. The normalized spacial score (nSPS) is 15.7. The first-order valence-electron chi connectivity index (χ1n) is 9.01. The number of halogens is 3. The zero-order valence-corrected chi connectivity index (χ0v) is 16.6. The van der Waals surface area contributed by atoms with Crippen molar-refractivity contribution in [1.29, 1.82) is 0 Å². The molecular weight excluding hydrogens is 399 g/mol. The molecule has 8 heteroatoms. The summed E-state index contributed by atoms with van der Waals surface area (Å²) in [5, 5.41) is 0.0368. The lowest BCUT2D eigenvalue weighted by atomic mass is 9.87. The number of aromatic nitrogens is 2. The predicted octanol–water partition coefficient (Wildman–Crippen LogP) is 5.67. The molecule has 3 heterocycles. The zero-order valence-electron chi connectivity index (χ0n) is 15.8. The Morgan fingerprint density at radius 1 is 1.10 bits per heavy atom. The van der Waals surface area contributed by atoms with Crippen molar-refractivity contribution in [1.82, 2.24) is 9.97 Å². The van der Waals surface area contributed by atoms with Gasteiger partial charge in [0.05, 0.1) is 17.5 Å². The minimum Gasteiger partial charge on any atom is -0.463 e. The molecule has 0 radical (unpaired) electrons. The summed E-state index contributed by atoms with van der Waals surface area (Å²) < 4.78 is 45.2. The maximum Gasteiger partial charge on any atom is 0.433 e. The van der Waals surface area contributed by atoms with Crippen LogP contribution in [-0.4, -0.2) is 27.0 Å². The highest BCUT2D eigenvalue weighted by molar-refractivity contribution is 7.99. The largest absolute Gasteiger partial charge is 0.463 e. The molecule has 0 fully saturated rings. The second kappa shape index (κ2) is 7.33. The van der Waals surface area contributed by atoms with Gasteiger partial charge in [0.15, 0.2) is 10.9 Å². The van der Waals surface area contributed by atoms with Gasteiger partial charge < -0.3 is 4.42 Å². The minimum absolute atomic E-state index is 0.0368. The first kappa shape index (κ1) is 19.7. The highest BCUT2D eigenvalue weighted by Crippen LogP contribution is 2.33. The SMILES string of the molecule is CC1(C)Cc2ccccc2C(CSc2nc(-c3ccco3)cc(C(F)(F)F)n2)=N1. The quantitative estimate of drug-likeness (QED) is 0.405. The lowest BCUT2D eigenvalue weighted by Crippen LogP contribution is -2.29. The Balaban J connectivity index is 1.66. The molecule has 0 aliphatic carbocycles. The summed E-state index contributed by atoms with van der Waals surface area (Å²) in [6, 6.07) is 12.1. The maximum atomic E-state index is 13.3. The Bertz CT molecular complexity index is 1060. The molecule has 4 rings (SSSR count). The summed E-state index contributed by atoms with van der Waals surface area (Å²) in [7, 11) is 0. The summed E-state index contributed by atoms with van der Waals surface area (Å²) in [5.74, 6) is 0.639. The monoisotopic (exact) mass is 417 g/mol. The van der Waals surface area contributed by atoms with Crippen LogP contribution in [0.2, 0.25) is 0 Å². The first-order valence-corrected chi connectivity index (χ1v) is 10.00. The highest BCUT2D eigenvalue weighted by Gasteiger charge is 2.34. The van der Waals surface area contributed by atoms with Gasteiger partial charge in [0, 0.05) is 5.75 Å². The Morgan fingerprint density at radius 3 is 2.62 bits per heavy atom. The van der Waals surface area contributed by atoms with Gasteiger partial charge in [-0.05, 0) is 49.6 Å². The smallest absolute Gasteiger partial charge is 0.433 e. The Morgan fingerprint density at radius 2 is 1.90 bits per heavy atom. The fourth-order valence-corrected chi connectivity index (χ4v) is 4.13. The van der Waals surface area contributed by atoms with E-state index in [1.54, 1.807) is 12.1 Å². The summed E-state index contributed by atoms with van der Waals surface area (Å²) in [6.07, 6.45) is -2.36. The molecular formula is C21H18F3N3OS. The molecule has 0 unspecified atom stereocenters. The molecule has 0 spiro atoms. The third-order valence-electron chi connectivity index (χ3n) is 4.50. The average Bonchev–Trinajstić information content (AvgIpc) is 3.19. The zero-order chi connectivity index (χ0) is 20.6. The van der Waals surface area contributed by atoms with Crippen LogP contribution in [0.1, 0.15) is 30.7 Å². The summed E-state index contributed by atoms with van der Waals surface area (Å²) in [4.78, 5) is 12.8. The van der Waals surface area contributed by atoms with Crippen molar-refractivity contribution in [2.24, 2.45) is 4.99 Å². The van der Waals surface area contributed by atoms with E-state index in [4.69, 9.17) is 9.41 Å². The third kappa shape index (κ3) is 4.37. The summed E-state index contributed by atoms with van der Waals surface area (Å²) in [6.45, 7) is 4.09. The van der Waals surface area contributed by atoms with Crippen LogP contribution < -0.4 is 0 Å². The van der Waals surface area contributed by atoms with E-state index in [1.165, 1.54) is 11.8 Å². The molecule has 29 heavy (non-hydrogen) atoms. The van der Waals surface area contributed by atoms with Crippen LogP contribution in [0.4, 0.5) is 13.2 Å². The van der Waals surface area contributed by atoms with Crippen molar-refractivity contribution in [3.05, 3.63) is 65.5 Å². The van der Waals surface area contributed by atoms with Crippen LogP contribution >= 0.6 is 11.8 Å². The van der Waals surface area contributed by atoms with Crippen LogP contribution in [0.15, 0.2) is 63.3 Å². The van der Waals surface area contributed by atoms with Crippen LogP contribution in [0.3, 0.4) is 0 Å². The van der Waals surface area contributed by atoms with E-state index in [2.05, 4.69) is 16.0 Å². The molecule has 0 N–H and O–H groups in total. The van der Waals surface area contributed by atoms with Crippen LogP contribution in [0.25, 0.3) is 11.5 Å². The lowest BCUT2D eigenvalue weighted by Gasteiger charge is -2.28. The van der Waals surface area contributed by atoms with E-state index in [9.17, 15) is 13.2 Å². The van der Waals surface area contributed by atoms with Gasteiger partial charge in [-0.15, -0.1) is 0 Å². The number of benzene rings is 1. The molecule has 1 aliphatic rings. The number of fused-ring (bicyclic) bond motifs is 1. The number of hydrogen-bond donors (Lipinski definition) is 0. The first-order chi connectivity index (χ1) is 13.7. The maximum absolute atomic E-state index is 13.3. The number of aliphatic imine (C=N–C) groups is 1. The molecule has 1 aliphatic heterocycles. The average molecular weight is 417 g/mol. The molecule has 3 aromatic rings. The second-order valence-electron chi connectivity index (χ2n) is 7.39. The number of nitrogens with zero attached hydrogens (tertiary/aromatic N) is 3. The number of rotatable bonds is 4. The molecule has 4 nitrogen and oxygen atoms in total. The molecule has 0 saturated heterocycles. The van der Waals surface area contributed by atoms with Crippen molar-refractivity contribution in [3.63, 3.8) is 0 Å². The van der Waals surface area contributed by atoms with Crippen LogP contribution in [0.5, 0.6) is 0 Å². The molecule has 0 amide bonds. The molecule has 0 saturated carbocycles. The molecule has 1 aromatic carbocycles. The standard InChI is InChI=1S/C21H18F3N3OS/c1-20(2)11-13-6-3-4-7-14(13)16(27-20)12-29-19-25-15(17-8-5-9-28-17)10-18(26-19)21(22,23)24/h3-10H,11-12H2,1-2H3. The number of thioether (sulfide) groups is 1. The molecule has 0 bridgehead atoms. The minimum atomic E-state index is -4.57. The van der Waals surface area contributed by atoms with Gasteiger partial charge in [0.2, 0.25) is 0 Å². The Labute approximate surface area is 170 Å². The van der Waals surface area contributed by atoms with Gasteiger partial charge >= 0.3 is 6.18 Å². The van der Waals surface area contributed by atoms with Gasteiger partial charge in [-0.3, -0.25) is 4.99 Å². The number of alkyl halides is 3. The van der Waals surface area contributed by atoms with Gasteiger partial charge in [-0.25, -0.2) is 9.97 Å². The van der Waals surface area contributed by atoms with Crippen molar-refractivity contribution in [3.8, 4) is 11.5 Å².